The van der Waals surface area contributed by atoms with Gasteiger partial charge in [0.1, 0.15) is 16.8 Å². The van der Waals surface area contributed by atoms with Crippen LogP contribution >= 0.6 is 11.8 Å². The van der Waals surface area contributed by atoms with Gasteiger partial charge in [-0.05, 0) is 31.5 Å². The van der Waals surface area contributed by atoms with Gasteiger partial charge in [0, 0.05) is 10.9 Å². The summed E-state index contributed by atoms with van der Waals surface area (Å²) in [6.45, 7) is 4.22. The van der Waals surface area contributed by atoms with Crippen molar-refractivity contribution in [2.45, 2.75) is 36.2 Å². The second kappa shape index (κ2) is 5.85. The molecule has 2 aromatic rings. The molecule has 3 nitrogen and oxygen atoms in total. The van der Waals surface area contributed by atoms with E-state index < -0.39 is 0 Å². The Morgan fingerprint density at radius 2 is 2.05 bits per heavy atom. The van der Waals surface area contributed by atoms with E-state index in [2.05, 4.69) is 19.9 Å². The van der Waals surface area contributed by atoms with Gasteiger partial charge >= 0.3 is 0 Å². The fourth-order valence-electron chi connectivity index (χ4n) is 1.94. The molecule has 0 saturated carbocycles. The highest BCUT2D eigenvalue weighted by Gasteiger charge is 2.17. The number of nitriles is 1. The summed E-state index contributed by atoms with van der Waals surface area (Å²) in [7, 11) is 0. The van der Waals surface area contributed by atoms with Gasteiger partial charge in [-0.3, -0.25) is 0 Å². The smallest absolute Gasteiger partial charge is 0.123 e. The maximum atomic E-state index is 9.23. The van der Waals surface area contributed by atoms with Crippen molar-refractivity contribution < 1.29 is 0 Å². The van der Waals surface area contributed by atoms with Crippen LogP contribution in [0.3, 0.4) is 0 Å². The third kappa shape index (κ3) is 2.77. The van der Waals surface area contributed by atoms with Gasteiger partial charge in [0.25, 0.3) is 0 Å². The summed E-state index contributed by atoms with van der Waals surface area (Å²) in [4.78, 5) is 1.13. The quantitative estimate of drug-likeness (QED) is 0.912. The lowest BCUT2D eigenvalue weighted by Crippen LogP contribution is -2.07. The minimum Gasteiger partial charge on any atom is -0.397 e. The van der Waals surface area contributed by atoms with E-state index in [1.54, 1.807) is 17.8 Å². The van der Waals surface area contributed by atoms with Crippen molar-refractivity contribution in [1.29, 1.82) is 5.26 Å². The van der Waals surface area contributed by atoms with E-state index in [-0.39, 0.29) is 6.04 Å². The van der Waals surface area contributed by atoms with E-state index in [0.29, 0.717) is 11.4 Å². The molecule has 0 bridgehead atoms. The second-order valence-corrected chi connectivity index (χ2v) is 5.51. The number of hydrogen-bond acceptors (Lipinski definition) is 3. The number of aromatic nitrogens is 1. The Hall–Kier alpha value is -1.86. The molecule has 0 aliphatic carbocycles. The molecule has 0 radical (unpaired) electrons. The average Bonchev–Trinajstić information content (AvgIpc) is 2.76. The average molecular weight is 271 g/mol. The third-order valence-corrected chi connectivity index (χ3v) is 4.25. The first-order valence-corrected chi connectivity index (χ1v) is 7.12. The fourth-order valence-corrected chi connectivity index (χ4v) is 3.01. The molecule has 0 spiro atoms. The van der Waals surface area contributed by atoms with Crippen molar-refractivity contribution in [3.8, 4) is 6.07 Å². The molecule has 2 N–H and O–H groups in total. The number of nitrogens with two attached hydrogens (primary N) is 1. The van der Waals surface area contributed by atoms with Crippen molar-refractivity contribution in [3.63, 3.8) is 0 Å². The predicted octanol–water partition coefficient (Wildman–Crippen LogP) is 4.06. The van der Waals surface area contributed by atoms with Gasteiger partial charge in [0.2, 0.25) is 0 Å². The van der Waals surface area contributed by atoms with E-state index in [0.717, 1.165) is 16.3 Å². The first-order valence-electron chi connectivity index (χ1n) is 6.31. The van der Waals surface area contributed by atoms with Crippen LogP contribution in [0.2, 0.25) is 0 Å². The molecule has 1 aromatic carbocycles. The van der Waals surface area contributed by atoms with Crippen LogP contribution in [0.25, 0.3) is 0 Å². The van der Waals surface area contributed by atoms with Gasteiger partial charge in [-0.15, -0.1) is 0 Å². The van der Waals surface area contributed by atoms with Gasteiger partial charge in [-0.2, -0.15) is 5.26 Å². The van der Waals surface area contributed by atoms with Crippen LogP contribution in [-0.2, 0) is 0 Å². The number of benzene rings is 1. The lowest BCUT2D eigenvalue weighted by molar-refractivity contribution is 0.497. The molecule has 1 heterocycles. The molecule has 0 aliphatic rings. The molecule has 1 unspecified atom stereocenters. The zero-order valence-corrected chi connectivity index (χ0v) is 11.9. The molecule has 19 heavy (non-hydrogen) atoms. The lowest BCUT2D eigenvalue weighted by atomic mass is 10.2. The topological polar surface area (TPSA) is 54.7 Å². The van der Waals surface area contributed by atoms with Crippen molar-refractivity contribution >= 4 is 17.4 Å². The van der Waals surface area contributed by atoms with E-state index in [1.807, 2.05) is 34.9 Å². The van der Waals surface area contributed by atoms with E-state index in [9.17, 15) is 5.26 Å². The van der Waals surface area contributed by atoms with Crippen molar-refractivity contribution in [1.82, 2.24) is 4.57 Å². The highest BCUT2D eigenvalue weighted by atomic mass is 32.2. The fraction of sp³-hybridized carbons (Fsp3) is 0.267. The Morgan fingerprint density at radius 1 is 1.37 bits per heavy atom. The lowest BCUT2D eigenvalue weighted by Gasteiger charge is -2.17. The molecule has 1 atom stereocenters. The van der Waals surface area contributed by atoms with Crippen LogP contribution < -0.4 is 5.73 Å². The molecular formula is C15H17N3S. The zero-order valence-electron chi connectivity index (χ0n) is 11.1. The molecule has 0 aliphatic heterocycles. The minimum atomic E-state index is 0.262. The minimum absolute atomic E-state index is 0.262. The Morgan fingerprint density at radius 3 is 2.63 bits per heavy atom. The normalized spacial score (nSPS) is 12.1. The molecule has 0 fully saturated rings. The largest absolute Gasteiger partial charge is 0.397 e. The number of anilines is 1. The van der Waals surface area contributed by atoms with Crippen LogP contribution in [-0.4, -0.2) is 4.57 Å². The molecule has 2 rings (SSSR count). The summed E-state index contributed by atoms with van der Waals surface area (Å²) in [5.41, 5.74) is 7.37. The summed E-state index contributed by atoms with van der Waals surface area (Å²) in [6, 6.07) is 14.3. The highest BCUT2D eigenvalue weighted by Crippen LogP contribution is 2.37. The van der Waals surface area contributed by atoms with Crippen LogP contribution in [0, 0.1) is 11.3 Å². The summed E-state index contributed by atoms with van der Waals surface area (Å²) >= 11 is 1.61. The first-order chi connectivity index (χ1) is 9.17. The SMILES string of the molecule is CCC(C)n1c(C#N)cc(N)c1Sc1ccccc1. The first kappa shape index (κ1) is 13.6. The Kier molecular flexibility index (Phi) is 4.18. The third-order valence-electron chi connectivity index (χ3n) is 3.12. The van der Waals surface area contributed by atoms with E-state index >= 15 is 0 Å². The summed E-state index contributed by atoms with van der Waals surface area (Å²) in [5, 5.41) is 10.2. The maximum absolute atomic E-state index is 9.23. The van der Waals surface area contributed by atoms with Gasteiger partial charge in [-0.25, -0.2) is 0 Å². The molecule has 4 heteroatoms. The Labute approximate surface area is 118 Å². The zero-order chi connectivity index (χ0) is 13.8. The molecule has 1 aromatic heterocycles. The van der Waals surface area contributed by atoms with Crippen LogP contribution in [0.4, 0.5) is 5.69 Å². The predicted molar refractivity (Wildman–Crippen MR) is 79.1 cm³/mol. The summed E-state index contributed by atoms with van der Waals surface area (Å²) < 4.78 is 2.03. The molecule has 0 amide bonds. The van der Waals surface area contributed by atoms with E-state index in [4.69, 9.17) is 5.73 Å². The number of rotatable bonds is 4. The maximum Gasteiger partial charge on any atom is 0.123 e. The second-order valence-electron chi connectivity index (χ2n) is 4.44. The summed E-state index contributed by atoms with van der Waals surface area (Å²) in [5.74, 6) is 0. The molecular weight excluding hydrogens is 254 g/mol. The summed E-state index contributed by atoms with van der Waals surface area (Å²) in [6.07, 6.45) is 0.963. The number of hydrogen-bond donors (Lipinski definition) is 1. The number of nitrogens with zero attached hydrogens (tertiary/aromatic N) is 2. The van der Waals surface area contributed by atoms with E-state index in [1.165, 1.54) is 0 Å². The van der Waals surface area contributed by atoms with Gasteiger partial charge in [0.05, 0.1) is 5.69 Å². The van der Waals surface area contributed by atoms with Crippen LogP contribution in [0.1, 0.15) is 32.0 Å². The van der Waals surface area contributed by atoms with Crippen molar-refractivity contribution in [2.24, 2.45) is 0 Å². The Balaban J connectivity index is 2.45. The monoisotopic (exact) mass is 271 g/mol. The van der Waals surface area contributed by atoms with Crippen molar-refractivity contribution in [3.05, 3.63) is 42.1 Å². The molecule has 0 saturated heterocycles. The van der Waals surface area contributed by atoms with Gasteiger partial charge in [0.15, 0.2) is 0 Å². The standard InChI is InChI=1S/C15H17N3S/c1-3-11(2)18-12(10-16)9-14(17)15(18)19-13-7-5-4-6-8-13/h4-9,11H,3,17H2,1-2H3. The van der Waals surface area contributed by atoms with Crippen molar-refractivity contribution in [2.75, 3.05) is 5.73 Å². The number of nitrogen functional groups attached to an aromatic ring is 1. The van der Waals surface area contributed by atoms with Crippen LogP contribution in [0.5, 0.6) is 0 Å². The highest BCUT2D eigenvalue weighted by molar-refractivity contribution is 7.99. The van der Waals surface area contributed by atoms with Gasteiger partial charge in [-0.1, -0.05) is 36.9 Å². The van der Waals surface area contributed by atoms with Gasteiger partial charge < -0.3 is 10.3 Å². The Bertz CT molecular complexity index is 596. The molecule has 98 valence electrons. The van der Waals surface area contributed by atoms with Crippen LogP contribution in [0.15, 0.2) is 46.3 Å².